The molecule has 5 rings (SSSR count). The lowest BCUT2D eigenvalue weighted by Gasteiger charge is -2.24. The molecule has 1 aliphatic rings. The number of aromatic nitrogens is 4. The zero-order chi connectivity index (χ0) is 26.8. The fourth-order valence-corrected chi connectivity index (χ4v) is 4.43. The third-order valence-electron chi connectivity index (χ3n) is 6.66. The number of fused-ring (bicyclic) bond motifs is 1. The summed E-state index contributed by atoms with van der Waals surface area (Å²) < 4.78 is 1.70. The minimum absolute atomic E-state index is 0.0568. The number of aryl methyl sites for hydroxylation is 2. The molecular weight excluding hydrogens is 482 g/mol. The number of aliphatic hydroxyl groups is 1. The minimum Gasteiger partial charge on any atom is -0.387 e. The Hall–Kier alpha value is -4.57. The topological polar surface area (TPSA) is 125 Å². The van der Waals surface area contributed by atoms with Crippen LogP contribution >= 0.6 is 0 Å². The Morgan fingerprint density at radius 1 is 1.13 bits per heavy atom. The van der Waals surface area contributed by atoms with E-state index in [1.165, 1.54) is 4.90 Å². The average molecular weight is 512 g/mol. The van der Waals surface area contributed by atoms with Crippen LogP contribution in [0.3, 0.4) is 0 Å². The molecule has 0 saturated heterocycles. The Morgan fingerprint density at radius 2 is 1.97 bits per heavy atom. The number of benzene rings is 1. The van der Waals surface area contributed by atoms with Crippen molar-refractivity contribution >= 4 is 23.5 Å². The highest BCUT2D eigenvalue weighted by atomic mass is 16.3. The van der Waals surface area contributed by atoms with Crippen LogP contribution in [0.5, 0.6) is 0 Å². The van der Waals surface area contributed by atoms with Gasteiger partial charge in [0.15, 0.2) is 0 Å². The van der Waals surface area contributed by atoms with Crippen molar-refractivity contribution in [1.29, 1.82) is 0 Å². The smallest absolute Gasteiger partial charge is 0.273 e. The first-order chi connectivity index (χ1) is 18.3. The van der Waals surface area contributed by atoms with Crippen molar-refractivity contribution in [3.63, 3.8) is 0 Å². The lowest BCUT2D eigenvalue weighted by Crippen LogP contribution is -2.46. The summed E-state index contributed by atoms with van der Waals surface area (Å²) in [5, 5.41) is 20.6. The highest BCUT2D eigenvalue weighted by Gasteiger charge is 2.35. The first-order valence-electron chi connectivity index (χ1n) is 12.3. The summed E-state index contributed by atoms with van der Waals surface area (Å²) in [4.78, 5) is 36.6. The molecule has 0 aliphatic carbocycles. The molecule has 38 heavy (non-hydrogen) atoms. The molecule has 0 unspecified atom stereocenters. The predicted octanol–water partition coefficient (Wildman–Crippen LogP) is 3.12. The quantitative estimate of drug-likeness (QED) is 0.332. The van der Waals surface area contributed by atoms with Gasteiger partial charge in [-0.25, -0.2) is 9.97 Å². The average Bonchev–Trinajstić information content (AvgIpc) is 3.48. The second-order valence-electron chi connectivity index (χ2n) is 9.38. The highest BCUT2D eigenvalue weighted by molar-refractivity contribution is 6.00. The largest absolute Gasteiger partial charge is 0.387 e. The minimum atomic E-state index is -0.834. The van der Waals surface area contributed by atoms with E-state index in [0.29, 0.717) is 23.8 Å². The van der Waals surface area contributed by atoms with Gasteiger partial charge in [-0.05, 0) is 37.6 Å². The van der Waals surface area contributed by atoms with Gasteiger partial charge in [0.1, 0.15) is 23.4 Å². The van der Waals surface area contributed by atoms with Crippen molar-refractivity contribution in [3.05, 3.63) is 89.4 Å². The number of amides is 2. The summed E-state index contributed by atoms with van der Waals surface area (Å²) in [5.74, 6) is 0.782. The summed E-state index contributed by atoms with van der Waals surface area (Å²) in [5.41, 5.74) is 4.29. The van der Waals surface area contributed by atoms with Crippen LogP contribution in [0.2, 0.25) is 0 Å². The van der Waals surface area contributed by atoms with E-state index in [1.54, 1.807) is 24.0 Å². The maximum Gasteiger partial charge on any atom is 0.273 e. The van der Waals surface area contributed by atoms with Crippen molar-refractivity contribution in [1.82, 2.24) is 30.0 Å². The third-order valence-corrected chi connectivity index (χ3v) is 6.66. The standard InChI is InChI=1S/C28H29N7O3/c1-17-5-4-6-20(13-17)23(36)15-30-27(37)18(2)35-16-21-7-8-22(32-26(21)28(35)38)19-9-11-29-24(14-19)33-25-10-12-31-34(25)3/h4-14,18,23,36H,15-16H2,1-3H3,(H,29,33)(H,30,37)/t18-,23-/m1/s1. The third kappa shape index (κ3) is 5.12. The number of hydrogen-bond acceptors (Lipinski definition) is 7. The van der Waals surface area contributed by atoms with E-state index in [9.17, 15) is 14.7 Å². The zero-order valence-electron chi connectivity index (χ0n) is 21.4. The van der Waals surface area contributed by atoms with Crippen LogP contribution in [-0.4, -0.2) is 54.2 Å². The van der Waals surface area contributed by atoms with Crippen LogP contribution in [0.15, 0.2) is 67.0 Å². The maximum absolute atomic E-state index is 13.2. The summed E-state index contributed by atoms with van der Waals surface area (Å²) in [6, 6.07) is 16.0. The molecule has 0 fully saturated rings. The van der Waals surface area contributed by atoms with Gasteiger partial charge in [0.2, 0.25) is 5.91 Å². The van der Waals surface area contributed by atoms with Crippen molar-refractivity contribution in [2.24, 2.45) is 7.05 Å². The van der Waals surface area contributed by atoms with Crippen molar-refractivity contribution in [3.8, 4) is 11.3 Å². The molecule has 2 amide bonds. The molecule has 0 spiro atoms. The van der Waals surface area contributed by atoms with E-state index in [-0.39, 0.29) is 18.4 Å². The van der Waals surface area contributed by atoms with Crippen LogP contribution in [0.1, 0.15) is 40.2 Å². The Labute approximate surface area is 220 Å². The fraction of sp³-hybridized carbons (Fsp3) is 0.250. The maximum atomic E-state index is 13.2. The van der Waals surface area contributed by atoms with E-state index in [2.05, 4.69) is 25.7 Å². The molecule has 0 saturated carbocycles. The van der Waals surface area contributed by atoms with Gasteiger partial charge in [-0.15, -0.1) is 0 Å². The molecule has 1 aromatic carbocycles. The van der Waals surface area contributed by atoms with Crippen molar-refractivity contribution < 1.29 is 14.7 Å². The summed E-state index contributed by atoms with van der Waals surface area (Å²) >= 11 is 0. The van der Waals surface area contributed by atoms with Gasteiger partial charge in [-0.2, -0.15) is 5.10 Å². The molecular formula is C28H29N7O3. The van der Waals surface area contributed by atoms with Gasteiger partial charge in [-0.1, -0.05) is 35.9 Å². The van der Waals surface area contributed by atoms with Crippen LogP contribution in [0.4, 0.5) is 11.6 Å². The number of nitrogens with zero attached hydrogens (tertiary/aromatic N) is 5. The number of anilines is 2. The molecule has 194 valence electrons. The zero-order valence-corrected chi connectivity index (χ0v) is 21.4. The first-order valence-corrected chi connectivity index (χ1v) is 12.3. The fourth-order valence-electron chi connectivity index (χ4n) is 4.43. The van der Waals surface area contributed by atoms with Crippen molar-refractivity contribution in [2.75, 3.05) is 11.9 Å². The van der Waals surface area contributed by atoms with Crippen LogP contribution in [0, 0.1) is 6.92 Å². The van der Waals surface area contributed by atoms with Crippen LogP contribution in [0.25, 0.3) is 11.3 Å². The highest BCUT2D eigenvalue weighted by Crippen LogP contribution is 2.28. The number of rotatable bonds is 8. The lowest BCUT2D eigenvalue weighted by molar-refractivity contribution is -0.125. The molecule has 10 nitrogen and oxygen atoms in total. The van der Waals surface area contributed by atoms with Crippen LogP contribution < -0.4 is 10.6 Å². The van der Waals surface area contributed by atoms with E-state index < -0.39 is 12.1 Å². The number of carbonyl (C=O) groups excluding carboxylic acids is 2. The van der Waals surface area contributed by atoms with Gasteiger partial charge in [0.05, 0.1) is 18.0 Å². The van der Waals surface area contributed by atoms with Gasteiger partial charge in [0.25, 0.3) is 5.91 Å². The van der Waals surface area contributed by atoms with E-state index >= 15 is 0 Å². The van der Waals surface area contributed by atoms with Gasteiger partial charge in [-0.3, -0.25) is 14.3 Å². The summed E-state index contributed by atoms with van der Waals surface area (Å²) in [6.45, 7) is 3.97. The van der Waals surface area contributed by atoms with Gasteiger partial charge in [0, 0.05) is 43.5 Å². The second kappa shape index (κ2) is 10.4. The summed E-state index contributed by atoms with van der Waals surface area (Å²) in [7, 11) is 1.83. The van der Waals surface area contributed by atoms with Gasteiger partial charge < -0.3 is 20.6 Å². The number of nitrogens with one attached hydrogen (secondary N) is 2. The number of hydrogen-bond donors (Lipinski definition) is 3. The lowest BCUT2D eigenvalue weighted by atomic mass is 10.1. The Kier molecular flexibility index (Phi) is 6.89. The molecule has 1 aliphatic heterocycles. The Bertz CT molecular complexity index is 1500. The molecule has 3 aromatic heterocycles. The van der Waals surface area contributed by atoms with E-state index in [4.69, 9.17) is 0 Å². The monoisotopic (exact) mass is 511 g/mol. The predicted molar refractivity (Wildman–Crippen MR) is 142 cm³/mol. The molecule has 4 aromatic rings. The number of aliphatic hydroxyl groups excluding tert-OH is 1. The first kappa shape index (κ1) is 25.1. The Morgan fingerprint density at radius 3 is 2.74 bits per heavy atom. The number of pyridine rings is 2. The molecule has 0 radical (unpaired) electrons. The number of carbonyl (C=O) groups is 2. The molecule has 4 heterocycles. The second-order valence-corrected chi connectivity index (χ2v) is 9.38. The molecule has 2 atom stereocenters. The van der Waals surface area contributed by atoms with Crippen molar-refractivity contribution in [2.45, 2.75) is 32.5 Å². The van der Waals surface area contributed by atoms with E-state index in [0.717, 1.165) is 28.1 Å². The molecule has 0 bridgehead atoms. The normalized spacial score (nSPS) is 14.2. The van der Waals surface area contributed by atoms with E-state index in [1.807, 2.05) is 68.6 Å². The SMILES string of the molecule is Cc1cccc([C@H](O)CNC(=O)[C@@H](C)N2Cc3ccc(-c4ccnc(Nc5ccnn5C)c4)nc3C2=O)c1. The Balaban J connectivity index is 1.26. The molecule has 10 heteroatoms. The summed E-state index contributed by atoms with van der Waals surface area (Å²) in [6.07, 6.45) is 2.53. The van der Waals surface area contributed by atoms with Crippen LogP contribution in [-0.2, 0) is 18.4 Å². The van der Waals surface area contributed by atoms with Gasteiger partial charge >= 0.3 is 0 Å². The molecule has 3 N–H and O–H groups in total.